The van der Waals surface area contributed by atoms with Crippen molar-refractivity contribution in [3.8, 4) is 0 Å². The zero-order valence-electron chi connectivity index (χ0n) is 10.8. The lowest BCUT2D eigenvalue weighted by Gasteiger charge is -2.04. The molecule has 2 aromatic rings. The Kier molecular flexibility index (Phi) is 3.97. The van der Waals surface area contributed by atoms with Crippen molar-refractivity contribution in [2.24, 2.45) is 7.05 Å². The number of ether oxygens (including phenoxy) is 1. The van der Waals surface area contributed by atoms with E-state index in [1.54, 1.807) is 6.20 Å². The van der Waals surface area contributed by atoms with Crippen LogP contribution in [0.3, 0.4) is 0 Å². The number of aromatic nitrogens is 2. The standard InChI is InChI=1S/C14H18N2O2/c1-3-4-7-18-13(17)9-11-8-12-5-6-16(2)14(12)15-10-11/h5-6,8,10H,3-4,7,9H2,1-2H3. The lowest BCUT2D eigenvalue weighted by atomic mass is 10.2. The number of hydrogen-bond donors (Lipinski definition) is 0. The first-order chi connectivity index (χ1) is 8.70. The van der Waals surface area contributed by atoms with E-state index >= 15 is 0 Å². The van der Waals surface area contributed by atoms with Crippen molar-refractivity contribution >= 4 is 17.0 Å². The van der Waals surface area contributed by atoms with Gasteiger partial charge in [0.15, 0.2) is 0 Å². The Morgan fingerprint density at radius 3 is 3.11 bits per heavy atom. The van der Waals surface area contributed by atoms with Crippen molar-refractivity contribution in [2.75, 3.05) is 6.61 Å². The van der Waals surface area contributed by atoms with Crippen LogP contribution >= 0.6 is 0 Å². The van der Waals surface area contributed by atoms with Gasteiger partial charge in [0.25, 0.3) is 0 Å². The Balaban J connectivity index is 2.01. The van der Waals surface area contributed by atoms with Crippen LogP contribution in [0.2, 0.25) is 0 Å². The number of hydrogen-bond acceptors (Lipinski definition) is 3. The summed E-state index contributed by atoms with van der Waals surface area (Å²) < 4.78 is 7.09. The number of nitrogens with zero attached hydrogens (tertiary/aromatic N) is 2. The van der Waals surface area contributed by atoms with Crippen LogP contribution in [0.15, 0.2) is 24.5 Å². The van der Waals surface area contributed by atoms with Crippen LogP contribution in [-0.2, 0) is 23.0 Å². The summed E-state index contributed by atoms with van der Waals surface area (Å²) in [6, 6.07) is 3.98. The molecule has 18 heavy (non-hydrogen) atoms. The molecule has 0 atom stereocenters. The van der Waals surface area contributed by atoms with Crippen LogP contribution in [0.25, 0.3) is 11.0 Å². The molecule has 0 aromatic carbocycles. The molecule has 2 rings (SSSR count). The molecule has 0 spiro atoms. The molecule has 4 nitrogen and oxygen atoms in total. The Labute approximate surface area is 107 Å². The number of pyridine rings is 1. The average Bonchev–Trinajstić information content (AvgIpc) is 2.71. The maximum absolute atomic E-state index is 11.6. The van der Waals surface area contributed by atoms with E-state index in [0.29, 0.717) is 13.0 Å². The summed E-state index contributed by atoms with van der Waals surface area (Å²) in [5, 5.41) is 1.05. The molecule has 0 saturated carbocycles. The van der Waals surface area contributed by atoms with Crippen LogP contribution in [0.5, 0.6) is 0 Å². The van der Waals surface area contributed by atoms with E-state index in [0.717, 1.165) is 29.4 Å². The summed E-state index contributed by atoms with van der Waals surface area (Å²) in [4.78, 5) is 15.9. The first kappa shape index (κ1) is 12.6. The quantitative estimate of drug-likeness (QED) is 0.601. The van der Waals surface area contributed by atoms with Crippen molar-refractivity contribution in [1.82, 2.24) is 9.55 Å². The Morgan fingerprint density at radius 2 is 2.33 bits per heavy atom. The van der Waals surface area contributed by atoms with E-state index in [1.807, 2.05) is 29.9 Å². The summed E-state index contributed by atoms with van der Waals surface area (Å²) in [7, 11) is 1.95. The average molecular weight is 246 g/mol. The van der Waals surface area contributed by atoms with Crippen LogP contribution in [0, 0.1) is 0 Å². The van der Waals surface area contributed by atoms with Crippen molar-refractivity contribution in [3.05, 3.63) is 30.1 Å². The third-order valence-electron chi connectivity index (χ3n) is 2.87. The van der Waals surface area contributed by atoms with Crippen molar-refractivity contribution in [1.29, 1.82) is 0 Å². The molecule has 4 heteroatoms. The molecule has 0 unspecified atom stereocenters. The third kappa shape index (κ3) is 2.88. The number of carbonyl (C=O) groups is 1. The fourth-order valence-electron chi connectivity index (χ4n) is 1.84. The van der Waals surface area contributed by atoms with Crippen molar-refractivity contribution in [2.45, 2.75) is 26.2 Å². The van der Waals surface area contributed by atoms with Gasteiger partial charge in [-0.15, -0.1) is 0 Å². The number of unbranched alkanes of at least 4 members (excludes halogenated alkanes) is 1. The maximum atomic E-state index is 11.6. The lowest BCUT2D eigenvalue weighted by Crippen LogP contribution is -2.09. The maximum Gasteiger partial charge on any atom is 0.310 e. The first-order valence-electron chi connectivity index (χ1n) is 6.26. The lowest BCUT2D eigenvalue weighted by molar-refractivity contribution is -0.142. The molecule has 2 aromatic heterocycles. The molecular formula is C14H18N2O2. The van der Waals surface area contributed by atoms with E-state index in [-0.39, 0.29) is 5.97 Å². The molecule has 0 bridgehead atoms. The second kappa shape index (κ2) is 5.67. The molecule has 2 heterocycles. The van der Waals surface area contributed by atoms with E-state index in [2.05, 4.69) is 11.9 Å². The zero-order valence-corrected chi connectivity index (χ0v) is 10.8. The largest absolute Gasteiger partial charge is 0.465 e. The number of fused-ring (bicyclic) bond motifs is 1. The van der Waals surface area contributed by atoms with E-state index in [4.69, 9.17) is 4.74 Å². The van der Waals surface area contributed by atoms with Crippen LogP contribution < -0.4 is 0 Å². The van der Waals surface area contributed by atoms with Crippen molar-refractivity contribution < 1.29 is 9.53 Å². The third-order valence-corrected chi connectivity index (χ3v) is 2.87. The molecule has 0 N–H and O–H groups in total. The summed E-state index contributed by atoms with van der Waals surface area (Å²) in [6.45, 7) is 2.58. The van der Waals surface area contributed by atoms with Gasteiger partial charge in [0.1, 0.15) is 5.65 Å². The Morgan fingerprint density at radius 1 is 1.50 bits per heavy atom. The van der Waals surface area contributed by atoms with Gasteiger partial charge in [-0.3, -0.25) is 4.79 Å². The summed E-state index contributed by atoms with van der Waals surface area (Å²) in [6.07, 6.45) is 5.94. The van der Waals surface area contributed by atoms with Crippen molar-refractivity contribution in [3.63, 3.8) is 0 Å². The molecular weight excluding hydrogens is 228 g/mol. The SMILES string of the molecule is CCCCOC(=O)Cc1cnc2c(ccn2C)c1. The second-order valence-corrected chi connectivity index (χ2v) is 4.43. The van der Waals surface area contributed by atoms with Gasteiger partial charge in [-0.1, -0.05) is 13.3 Å². The first-order valence-corrected chi connectivity index (χ1v) is 6.26. The van der Waals surface area contributed by atoms with Crippen LogP contribution in [0.4, 0.5) is 0 Å². The number of esters is 1. The minimum absolute atomic E-state index is 0.180. The van der Waals surface area contributed by atoms with Crippen LogP contribution in [0.1, 0.15) is 25.3 Å². The molecule has 0 amide bonds. The number of aryl methyl sites for hydroxylation is 1. The van der Waals surface area contributed by atoms with Gasteiger partial charge in [0.2, 0.25) is 0 Å². The highest BCUT2D eigenvalue weighted by molar-refractivity contribution is 5.79. The highest BCUT2D eigenvalue weighted by Gasteiger charge is 2.07. The monoisotopic (exact) mass is 246 g/mol. The highest BCUT2D eigenvalue weighted by Crippen LogP contribution is 2.14. The fraction of sp³-hybridized carbons (Fsp3) is 0.429. The topological polar surface area (TPSA) is 44.1 Å². The van der Waals surface area contributed by atoms with Gasteiger partial charge >= 0.3 is 5.97 Å². The minimum atomic E-state index is -0.180. The van der Waals surface area contributed by atoms with Gasteiger partial charge in [0, 0.05) is 24.8 Å². The predicted octanol–water partition coefficient (Wildman–Crippen LogP) is 2.46. The van der Waals surface area contributed by atoms with E-state index < -0.39 is 0 Å². The zero-order chi connectivity index (χ0) is 13.0. The van der Waals surface area contributed by atoms with Gasteiger partial charge in [0.05, 0.1) is 13.0 Å². The van der Waals surface area contributed by atoms with E-state index in [1.165, 1.54) is 0 Å². The van der Waals surface area contributed by atoms with Crippen LogP contribution in [-0.4, -0.2) is 22.1 Å². The van der Waals surface area contributed by atoms with Gasteiger partial charge in [-0.05, 0) is 24.1 Å². The minimum Gasteiger partial charge on any atom is -0.465 e. The van der Waals surface area contributed by atoms with E-state index in [9.17, 15) is 4.79 Å². The second-order valence-electron chi connectivity index (χ2n) is 4.43. The molecule has 0 aliphatic carbocycles. The predicted molar refractivity (Wildman–Crippen MR) is 70.3 cm³/mol. The Hall–Kier alpha value is -1.84. The molecule has 0 radical (unpaired) electrons. The van der Waals surface area contributed by atoms with Gasteiger partial charge in [-0.2, -0.15) is 0 Å². The Bertz CT molecular complexity index is 546. The molecule has 0 aliphatic rings. The number of carbonyl (C=O) groups excluding carboxylic acids is 1. The summed E-state index contributed by atoms with van der Waals surface area (Å²) in [5.41, 5.74) is 1.83. The number of rotatable bonds is 5. The van der Waals surface area contributed by atoms with Gasteiger partial charge < -0.3 is 9.30 Å². The molecule has 0 aliphatic heterocycles. The summed E-state index contributed by atoms with van der Waals surface area (Å²) in [5.74, 6) is -0.180. The molecule has 96 valence electrons. The summed E-state index contributed by atoms with van der Waals surface area (Å²) >= 11 is 0. The fourth-order valence-corrected chi connectivity index (χ4v) is 1.84. The highest BCUT2D eigenvalue weighted by atomic mass is 16.5. The smallest absolute Gasteiger partial charge is 0.310 e. The molecule has 0 fully saturated rings. The molecule has 0 saturated heterocycles. The normalized spacial score (nSPS) is 10.8. The van der Waals surface area contributed by atoms with Gasteiger partial charge in [-0.25, -0.2) is 4.98 Å².